The van der Waals surface area contributed by atoms with E-state index in [9.17, 15) is 24.8 Å². The second kappa shape index (κ2) is 4.82. The summed E-state index contributed by atoms with van der Waals surface area (Å²) in [6, 6.07) is 6.19. The standard InChI is InChI=1S/C15H13FO5/c16-10-3-7(1-2-11(10)18)15-13(20)6-9-12(19)4-8(17)5-14(9)21-15/h1-5,13,15,17-20H,6H2. The number of benzene rings is 2. The molecule has 0 radical (unpaired) electrons. The van der Waals surface area contributed by atoms with Gasteiger partial charge in [-0.15, -0.1) is 0 Å². The fraction of sp³-hybridized carbons (Fsp3) is 0.200. The van der Waals surface area contributed by atoms with Gasteiger partial charge in [-0.05, 0) is 17.7 Å². The Hall–Kier alpha value is -2.47. The molecule has 110 valence electrons. The molecule has 0 bridgehead atoms. The second-order valence-electron chi connectivity index (χ2n) is 4.96. The molecule has 1 heterocycles. The first-order valence-corrected chi connectivity index (χ1v) is 6.33. The maximum absolute atomic E-state index is 13.4. The van der Waals surface area contributed by atoms with Crippen LogP contribution in [0.3, 0.4) is 0 Å². The summed E-state index contributed by atoms with van der Waals surface area (Å²) in [5.74, 6) is -1.40. The lowest BCUT2D eigenvalue weighted by molar-refractivity contribution is 0.0196. The highest BCUT2D eigenvalue weighted by Crippen LogP contribution is 2.42. The number of phenols is 3. The molecule has 0 aromatic heterocycles. The van der Waals surface area contributed by atoms with Crippen molar-refractivity contribution in [3.8, 4) is 23.0 Å². The Bertz CT molecular complexity index is 701. The first-order valence-electron chi connectivity index (χ1n) is 6.33. The van der Waals surface area contributed by atoms with Crippen LogP contribution in [0, 0.1) is 5.82 Å². The molecule has 0 fully saturated rings. The van der Waals surface area contributed by atoms with Gasteiger partial charge in [0.1, 0.15) is 23.4 Å². The molecule has 0 amide bonds. The van der Waals surface area contributed by atoms with Crippen LogP contribution in [0.4, 0.5) is 4.39 Å². The monoisotopic (exact) mass is 292 g/mol. The highest BCUT2D eigenvalue weighted by atomic mass is 19.1. The van der Waals surface area contributed by atoms with Crippen LogP contribution in [0.2, 0.25) is 0 Å². The average Bonchev–Trinajstić information content (AvgIpc) is 2.42. The van der Waals surface area contributed by atoms with E-state index in [1.807, 2.05) is 0 Å². The van der Waals surface area contributed by atoms with Gasteiger partial charge in [0.15, 0.2) is 11.6 Å². The number of hydrogen-bond acceptors (Lipinski definition) is 5. The highest BCUT2D eigenvalue weighted by molar-refractivity contribution is 5.51. The zero-order valence-electron chi connectivity index (χ0n) is 10.8. The van der Waals surface area contributed by atoms with Gasteiger partial charge < -0.3 is 25.2 Å². The summed E-state index contributed by atoms with van der Waals surface area (Å²) in [7, 11) is 0. The van der Waals surface area contributed by atoms with Gasteiger partial charge in [-0.2, -0.15) is 0 Å². The predicted octanol–water partition coefficient (Wildman–Crippen LogP) is 1.98. The summed E-state index contributed by atoms with van der Waals surface area (Å²) in [5.41, 5.74) is 0.738. The van der Waals surface area contributed by atoms with Crippen molar-refractivity contribution in [1.82, 2.24) is 0 Å². The molecule has 2 aromatic rings. The molecule has 2 atom stereocenters. The zero-order chi connectivity index (χ0) is 15.1. The maximum atomic E-state index is 13.4. The summed E-state index contributed by atoms with van der Waals surface area (Å²) in [4.78, 5) is 0. The Morgan fingerprint density at radius 3 is 2.52 bits per heavy atom. The van der Waals surface area contributed by atoms with Crippen LogP contribution in [0.15, 0.2) is 30.3 Å². The molecule has 21 heavy (non-hydrogen) atoms. The van der Waals surface area contributed by atoms with E-state index in [0.29, 0.717) is 11.1 Å². The Morgan fingerprint density at radius 1 is 1.05 bits per heavy atom. The van der Waals surface area contributed by atoms with Gasteiger partial charge in [0.2, 0.25) is 0 Å². The van der Waals surface area contributed by atoms with E-state index in [1.165, 1.54) is 18.2 Å². The number of ether oxygens (including phenoxy) is 1. The van der Waals surface area contributed by atoms with Crippen LogP contribution in [-0.4, -0.2) is 26.5 Å². The molecule has 0 saturated carbocycles. The molecule has 0 spiro atoms. The molecule has 5 nitrogen and oxygen atoms in total. The number of phenolic OH excluding ortho intramolecular Hbond substituents is 3. The van der Waals surface area contributed by atoms with E-state index in [4.69, 9.17) is 4.74 Å². The molecule has 0 saturated heterocycles. The van der Waals surface area contributed by atoms with E-state index in [2.05, 4.69) is 0 Å². The van der Waals surface area contributed by atoms with Gasteiger partial charge in [-0.1, -0.05) is 6.07 Å². The van der Waals surface area contributed by atoms with Crippen molar-refractivity contribution >= 4 is 0 Å². The lowest BCUT2D eigenvalue weighted by Crippen LogP contribution is -2.30. The lowest BCUT2D eigenvalue weighted by atomic mass is 9.94. The largest absolute Gasteiger partial charge is 0.508 e. The van der Waals surface area contributed by atoms with Crippen LogP contribution in [0.1, 0.15) is 17.2 Å². The Morgan fingerprint density at radius 2 is 1.81 bits per heavy atom. The number of rotatable bonds is 1. The quantitative estimate of drug-likeness (QED) is 0.645. The van der Waals surface area contributed by atoms with Gasteiger partial charge in [0.25, 0.3) is 0 Å². The SMILES string of the molecule is Oc1cc(O)c2c(c1)OC(c1ccc(O)c(F)c1)C(O)C2. The predicted molar refractivity (Wildman–Crippen MR) is 70.9 cm³/mol. The Labute approximate surface area is 119 Å². The van der Waals surface area contributed by atoms with Gasteiger partial charge >= 0.3 is 0 Å². The maximum Gasteiger partial charge on any atom is 0.165 e. The van der Waals surface area contributed by atoms with Crippen LogP contribution in [0.5, 0.6) is 23.0 Å². The molecule has 1 aliphatic heterocycles. The van der Waals surface area contributed by atoms with E-state index < -0.39 is 23.8 Å². The molecule has 2 aromatic carbocycles. The van der Waals surface area contributed by atoms with E-state index in [1.54, 1.807) is 0 Å². The van der Waals surface area contributed by atoms with Crippen molar-refractivity contribution in [3.63, 3.8) is 0 Å². The minimum atomic E-state index is -0.989. The zero-order valence-corrected chi connectivity index (χ0v) is 10.8. The topological polar surface area (TPSA) is 90.2 Å². The number of aliphatic hydroxyl groups is 1. The first-order chi connectivity index (χ1) is 9.95. The van der Waals surface area contributed by atoms with Crippen molar-refractivity contribution in [3.05, 3.63) is 47.3 Å². The Balaban J connectivity index is 2.00. The lowest BCUT2D eigenvalue weighted by Gasteiger charge is -2.31. The van der Waals surface area contributed by atoms with E-state index >= 15 is 0 Å². The number of fused-ring (bicyclic) bond motifs is 1. The molecule has 4 N–H and O–H groups in total. The third kappa shape index (κ3) is 2.34. The molecular weight excluding hydrogens is 279 g/mol. The van der Waals surface area contributed by atoms with E-state index in [-0.39, 0.29) is 23.7 Å². The molecule has 0 aliphatic carbocycles. The fourth-order valence-corrected chi connectivity index (χ4v) is 2.45. The van der Waals surface area contributed by atoms with Crippen molar-refractivity contribution in [2.45, 2.75) is 18.6 Å². The third-order valence-corrected chi connectivity index (χ3v) is 3.49. The average molecular weight is 292 g/mol. The summed E-state index contributed by atoms with van der Waals surface area (Å²) in [6.45, 7) is 0. The van der Waals surface area contributed by atoms with Crippen molar-refractivity contribution in [2.75, 3.05) is 0 Å². The van der Waals surface area contributed by atoms with Crippen LogP contribution >= 0.6 is 0 Å². The van der Waals surface area contributed by atoms with Gasteiger partial charge in [0, 0.05) is 24.1 Å². The molecule has 6 heteroatoms. The normalized spacial score (nSPS) is 20.7. The highest BCUT2D eigenvalue weighted by Gasteiger charge is 2.32. The number of halogens is 1. The molecular formula is C15H13FO5. The number of aromatic hydroxyl groups is 3. The van der Waals surface area contributed by atoms with Crippen molar-refractivity contribution in [1.29, 1.82) is 0 Å². The summed E-state index contributed by atoms with van der Waals surface area (Å²) < 4.78 is 19.0. The molecule has 3 rings (SSSR count). The van der Waals surface area contributed by atoms with Crippen LogP contribution < -0.4 is 4.74 Å². The minimum Gasteiger partial charge on any atom is -0.508 e. The van der Waals surface area contributed by atoms with Gasteiger partial charge in [0.05, 0.1) is 6.10 Å². The van der Waals surface area contributed by atoms with Crippen LogP contribution in [-0.2, 0) is 6.42 Å². The second-order valence-corrected chi connectivity index (χ2v) is 4.96. The molecule has 1 aliphatic rings. The van der Waals surface area contributed by atoms with Gasteiger partial charge in [-0.3, -0.25) is 0 Å². The fourth-order valence-electron chi connectivity index (χ4n) is 2.45. The van der Waals surface area contributed by atoms with Crippen LogP contribution in [0.25, 0.3) is 0 Å². The summed E-state index contributed by atoms with van der Waals surface area (Å²) >= 11 is 0. The van der Waals surface area contributed by atoms with Gasteiger partial charge in [-0.25, -0.2) is 4.39 Å². The van der Waals surface area contributed by atoms with E-state index in [0.717, 1.165) is 12.1 Å². The number of aliphatic hydroxyl groups excluding tert-OH is 1. The molecule has 2 unspecified atom stereocenters. The Kier molecular flexibility index (Phi) is 3.10. The summed E-state index contributed by atoms with van der Waals surface area (Å²) in [6.07, 6.45) is -1.74. The first kappa shape index (κ1) is 13.5. The minimum absolute atomic E-state index is 0.106. The smallest absolute Gasteiger partial charge is 0.165 e. The summed E-state index contributed by atoms with van der Waals surface area (Å²) in [5, 5.41) is 38.6. The van der Waals surface area contributed by atoms with Crippen molar-refractivity contribution in [2.24, 2.45) is 0 Å². The third-order valence-electron chi connectivity index (χ3n) is 3.49. The number of hydrogen-bond donors (Lipinski definition) is 4. The van der Waals surface area contributed by atoms with Crippen molar-refractivity contribution < 1.29 is 29.6 Å².